The fourth-order valence-electron chi connectivity index (χ4n) is 3.45. The van der Waals surface area contributed by atoms with E-state index in [1.165, 1.54) is 18.2 Å². The average Bonchev–Trinajstić information content (AvgIpc) is 2.47. The summed E-state index contributed by atoms with van der Waals surface area (Å²) >= 11 is 0. The third-order valence-corrected chi connectivity index (χ3v) is 6.71. The van der Waals surface area contributed by atoms with Gasteiger partial charge in [-0.2, -0.15) is 5.26 Å². The molecule has 2 aliphatic rings. The van der Waals surface area contributed by atoms with Crippen LogP contribution in [0.2, 0.25) is 0 Å². The van der Waals surface area contributed by atoms with Crippen LogP contribution in [0.15, 0.2) is 18.2 Å². The monoisotopic (exact) mass is 305 g/mol. The van der Waals surface area contributed by atoms with Crippen molar-refractivity contribution in [3.63, 3.8) is 0 Å². The van der Waals surface area contributed by atoms with Crippen molar-refractivity contribution in [1.82, 2.24) is 0 Å². The van der Waals surface area contributed by atoms with Crippen molar-refractivity contribution in [3.8, 4) is 6.07 Å². The van der Waals surface area contributed by atoms with Crippen LogP contribution >= 0.6 is 0 Å². The van der Waals surface area contributed by atoms with Gasteiger partial charge >= 0.3 is 0 Å². The highest BCUT2D eigenvalue weighted by Gasteiger charge is 2.41. The number of halogens is 1. The van der Waals surface area contributed by atoms with Gasteiger partial charge in [0.2, 0.25) is 0 Å². The third-order valence-electron chi connectivity index (χ3n) is 4.54. The molecule has 21 heavy (non-hydrogen) atoms. The zero-order chi connectivity index (χ0) is 15.0. The Labute approximate surface area is 125 Å². The predicted octanol–water partition coefficient (Wildman–Crippen LogP) is 2.96. The fourth-order valence-corrected chi connectivity index (χ4v) is 5.64. The molecule has 3 rings (SSSR count). The number of benzene rings is 1. The molecule has 2 saturated heterocycles. The molecule has 110 valence electrons. The lowest BCUT2D eigenvalue weighted by atomic mass is 9.84. The number of nitrogens with zero attached hydrogens (tertiary/aromatic N) is 1. The summed E-state index contributed by atoms with van der Waals surface area (Å²) in [5.41, 5.74) is 0.295. The molecule has 0 aliphatic carbocycles. The number of carbonyl (C=O) groups is 1. The van der Waals surface area contributed by atoms with E-state index < -0.39 is 16.6 Å². The topological polar surface area (TPSA) is 57.9 Å². The van der Waals surface area contributed by atoms with Crippen LogP contribution in [0.5, 0.6) is 0 Å². The zero-order valence-electron chi connectivity index (χ0n) is 11.5. The molecule has 0 radical (unpaired) electrons. The molecule has 2 fully saturated rings. The van der Waals surface area contributed by atoms with E-state index in [9.17, 15) is 13.4 Å². The zero-order valence-corrected chi connectivity index (χ0v) is 12.4. The van der Waals surface area contributed by atoms with Crippen LogP contribution < -0.4 is 0 Å². The molecule has 2 heterocycles. The van der Waals surface area contributed by atoms with Crippen LogP contribution in [0.3, 0.4) is 0 Å². The van der Waals surface area contributed by atoms with Gasteiger partial charge in [0, 0.05) is 27.2 Å². The van der Waals surface area contributed by atoms with E-state index in [0.717, 1.165) is 19.3 Å². The molecule has 1 aromatic carbocycles. The quantitative estimate of drug-likeness (QED) is 0.789. The van der Waals surface area contributed by atoms with Crippen LogP contribution in [0.4, 0.5) is 4.39 Å². The third kappa shape index (κ3) is 2.65. The van der Waals surface area contributed by atoms with Crippen molar-refractivity contribution in [2.75, 3.05) is 0 Å². The maximum absolute atomic E-state index is 13.9. The molecule has 0 spiro atoms. The number of hydrogen-bond donors (Lipinski definition) is 0. The summed E-state index contributed by atoms with van der Waals surface area (Å²) in [5.74, 6) is -1.07. The Morgan fingerprint density at radius 1 is 1.29 bits per heavy atom. The Kier molecular flexibility index (Phi) is 3.90. The van der Waals surface area contributed by atoms with Gasteiger partial charge in [-0.05, 0) is 43.9 Å². The summed E-state index contributed by atoms with van der Waals surface area (Å²) < 4.78 is 26.1. The highest BCUT2D eigenvalue weighted by Crippen LogP contribution is 2.38. The van der Waals surface area contributed by atoms with Crippen molar-refractivity contribution in [2.45, 2.75) is 42.6 Å². The number of nitriles is 1. The molecule has 2 aliphatic heterocycles. The first-order valence-electron chi connectivity index (χ1n) is 7.23. The van der Waals surface area contributed by atoms with Crippen molar-refractivity contribution >= 4 is 16.6 Å². The van der Waals surface area contributed by atoms with Crippen LogP contribution in [0.25, 0.3) is 0 Å². The minimum atomic E-state index is -0.839. The van der Waals surface area contributed by atoms with Crippen LogP contribution in [0, 0.1) is 23.1 Å². The Morgan fingerprint density at radius 2 is 1.95 bits per heavy atom. The van der Waals surface area contributed by atoms with E-state index in [0.29, 0.717) is 18.4 Å². The van der Waals surface area contributed by atoms with Gasteiger partial charge in [-0.25, -0.2) is 4.39 Å². The molecule has 2 bridgehead atoms. The largest absolute Gasteiger partial charge is 0.294 e. The molecule has 0 N–H and O–H groups in total. The van der Waals surface area contributed by atoms with E-state index >= 15 is 0 Å². The maximum atomic E-state index is 13.9. The first-order chi connectivity index (χ1) is 10.1. The lowest BCUT2D eigenvalue weighted by molar-refractivity contribution is 0.0891. The van der Waals surface area contributed by atoms with Crippen molar-refractivity contribution in [3.05, 3.63) is 35.1 Å². The first kappa shape index (κ1) is 14.4. The SMILES string of the molecule is N#Cc1ccc(F)c(C(=O)C2CC3CCCC(C2)S3=O)c1. The minimum Gasteiger partial charge on any atom is -0.294 e. The number of carbonyl (C=O) groups excluding carboxylic acids is 1. The summed E-state index contributed by atoms with van der Waals surface area (Å²) in [6.07, 6.45) is 4.03. The second-order valence-corrected chi connectivity index (χ2v) is 7.83. The summed E-state index contributed by atoms with van der Waals surface area (Å²) in [7, 11) is -0.839. The van der Waals surface area contributed by atoms with E-state index in [4.69, 9.17) is 5.26 Å². The smallest absolute Gasteiger partial charge is 0.169 e. The summed E-state index contributed by atoms with van der Waals surface area (Å²) in [5, 5.41) is 9.04. The molecule has 5 heteroatoms. The van der Waals surface area contributed by atoms with Gasteiger partial charge in [-0.3, -0.25) is 9.00 Å². The summed E-state index contributed by atoms with van der Waals surface area (Å²) in [4.78, 5) is 12.6. The minimum absolute atomic E-state index is 0.00445. The molecule has 0 aromatic heterocycles. The van der Waals surface area contributed by atoms with Gasteiger partial charge in [0.1, 0.15) is 5.82 Å². The molecular weight excluding hydrogens is 289 g/mol. The maximum Gasteiger partial charge on any atom is 0.169 e. The van der Waals surface area contributed by atoms with Gasteiger partial charge in [0.05, 0.1) is 17.2 Å². The molecule has 3 nitrogen and oxygen atoms in total. The number of hydrogen-bond acceptors (Lipinski definition) is 3. The van der Waals surface area contributed by atoms with Crippen molar-refractivity contribution in [1.29, 1.82) is 5.26 Å². The second-order valence-electron chi connectivity index (χ2n) is 5.84. The van der Waals surface area contributed by atoms with E-state index in [-0.39, 0.29) is 27.8 Å². The Morgan fingerprint density at radius 3 is 2.57 bits per heavy atom. The lowest BCUT2D eigenvalue weighted by Crippen LogP contribution is -2.41. The Balaban J connectivity index is 1.86. The number of ketones is 1. The number of Topliss-reactive ketones (excluding diaryl/α,β-unsaturated/α-hetero) is 1. The Hall–Kier alpha value is -1.54. The van der Waals surface area contributed by atoms with Gasteiger partial charge in [0.25, 0.3) is 0 Å². The van der Waals surface area contributed by atoms with Gasteiger partial charge in [0.15, 0.2) is 5.78 Å². The average molecular weight is 305 g/mol. The van der Waals surface area contributed by atoms with Gasteiger partial charge < -0.3 is 0 Å². The molecular formula is C16H16FNO2S. The van der Waals surface area contributed by atoms with E-state index in [2.05, 4.69) is 0 Å². The highest BCUT2D eigenvalue weighted by atomic mass is 32.2. The first-order valence-corrected chi connectivity index (χ1v) is 8.51. The molecule has 2 atom stereocenters. The van der Waals surface area contributed by atoms with Crippen LogP contribution in [-0.2, 0) is 10.8 Å². The molecule has 1 aromatic rings. The molecule has 2 unspecified atom stereocenters. The lowest BCUT2D eigenvalue weighted by Gasteiger charge is -2.37. The summed E-state index contributed by atoms with van der Waals surface area (Å²) in [6, 6.07) is 5.81. The van der Waals surface area contributed by atoms with Crippen LogP contribution in [-0.4, -0.2) is 20.5 Å². The van der Waals surface area contributed by atoms with Crippen LogP contribution in [0.1, 0.15) is 48.0 Å². The van der Waals surface area contributed by atoms with E-state index in [1.54, 1.807) is 0 Å². The predicted molar refractivity (Wildman–Crippen MR) is 77.7 cm³/mol. The van der Waals surface area contributed by atoms with Crippen molar-refractivity contribution < 1.29 is 13.4 Å². The van der Waals surface area contributed by atoms with Gasteiger partial charge in [-0.1, -0.05) is 6.42 Å². The number of rotatable bonds is 2. The Bertz CT molecular complexity index is 636. The van der Waals surface area contributed by atoms with E-state index in [1.807, 2.05) is 6.07 Å². The normalized spacial score (nSPS) is 31.4. The number of fused-ring (bicyclic) bond motifs is 2. The van der Waals surface area contributed by atoms with Gasteiger partial charge in [-0.15, -0.1) is 0 Å². The fraction of sp³-hybridized carbons (Fsp3) is 0.500. The molecule has 0 saturated carbocycles. The second kappa shape index (κ2) is 5.69. The standard InChI is InChI=1S/C16H16FNO2S/c17-15-5-4-10(9-18)6-14(15)16(19)11-7-12-2-1-3-13(8-11)21(12)20/h4-6,11-13H,1-3,7-8H2. The molecule has 0 amide bonds. The highest BCUT2D eigenvalue weighted by molar-refractivity contribution is 7.86. The van der Waals surface area contributed by atoms with Crippen molar-refractivity contribution in [2.24, 2.45) is 5.92 Å². The summed E-state index contributed by atoms with van der Waals surface area (Å²) in [6.45, 7) is 0.